The molecule has 138 valence electrons. The van der Waals surface area contributed by atoms with Gasteiger partial charge in [0.15, 0.2) is 0 Å². The van der Waals surface area contributed by atoms with Gasteiger partial charge in [0.25, 0.3) is 5.91 Å². The van der Waals surface area contributed by atoms with E-state index in [0.717, 1.165) is 36.2 Å². The van der Waals surface area contributed by atoms with Crippen LogP contribution < -0.4 is 10.6 Å². The molecule has 2 aromatic carbocycles. The largest absolute Gasteiger partial charge is 0.354 e. The van der Waals surface area contributed by atoms with Gasteiger partial charge in [-0.2, -0.15) is 0 Å². The van der Waals surface area contributed by atoms with Crippen molar-refractivity contribution in [1.29, 1.82) is 0 Å². The van der Waals surface area contributed by atoms with Crippen molar-refractivity contribution < 1.29 is 4.79 Å². The lowest BCUT2D eigenvalue weighted by atomic mass is 10.1. The molecule has 5 heteroatoms. The number of carbonyl (C=O) groups excluding carboxylic acids is 1. The topological polar surface area (TPSA) is 66.9 Å². The molecular formula is C22H24N4O. The summed E-state index contributed by atoms with van der Waals surface area (Å²) in [6.07, 6.45) is 3.55. The normalized spacial score (nSPS) is 10.4. The maximum absolute atomic E-state index is 12.5. The fourth-order valence-corrected chi connectivity index (χ4v) is 2.76. The first-order valence-electron chi connectivity index (χ1n) is 9.11. The van der Waals surface area contributed by atoms with Gasteiger partial charge in [-0.05, 0) is 55.5 Å². The van der Waals surface area contributed by atoms with Crippen LogP contribution in [0.2, 0.25) is 0 Å². The fourth-order valence-electron chi connectivity index (χ4n) is 2.76. The van der Waals surface area contributed by atoms with E-state index in [0.29, 0.717) is 11.6 Å². The molecule has 2 N–H and O–H groups in total. The molecule has 0 bridgehead atoms. The first-order valence-corrected chi connectivity index (χ1v) is 9.11. The predicted octanol–water partition coefficient (Wildman–Crippen LogP) is 4.39. The third kappa shape index (κ3) is 5.38. The highest BCUT2D eigenvalue weighted by atomic mass is 16.1. The molecule has 0 aliphatic rings. The van der Waals surface area contributed by atoms with E-state index >= 15 is 0 Å². The van der Waals surface area contributed by atoms with Crippen molar-refractivity contribution in [1.82, 2.24) is 9.97 Å². The van der Waals surface area contributed by atoms with Gasteiger partial charge in [0.05, 0.1) is 0 Å². The SMILES string of the molecule is Cc1ccc(C)c(NC(=O)c2ccnc(NCCCc3ccccc3)n2)c1. The van der Waals surface area contributed by atoms with Crippen LogP contribution in [0.25, 0.3) is 0 Å². The van der Waals surface area contributed by atoms with Gasteiger partial charge in [-0.15, -0.1) is 0 Å². The molecule has 3 aromatic rings. The standard InChI is InChI=1S/C22H24N4O/c1-16-10-11-17(2)20(15-16)25-21(27)19-12-14-24-22(26-19)23-13-6-9-18-7-4-3-5-8-18/h3-5,7-8,10-12,14-15H,6,9,13H2,1-2H3,(H,25,27)(H,23,24,26). The molecular weight excluding hydrogens is 336 g/mol. The molecule has 0 radical (unpaired) electrons. The van der Waals surface area contributed by atoms with Crippen LogP contribution >= 0.6 is 0 Å². The number of anilines is 2. The van der Waals surface area contributed by atoms with E-state index in [1.165, 1.54) is 5.56 Å². The third-order valence-electron chi connectivity index (χ3n) is 4.30. The molecule has 0 saturated heterocycles. The molecule has 3 rings (SSSR count). The average molecular weight is 360 g/mol. The summed E-state index contributed by atoms with van der Waals surface area (Å²) >= 11 is 0. The highest BCUT2D eigenvalue weighted by Gasteiger charge is 2.10. The van der Waals surface area contributed by atoms with E-state index in [1.807, 2.05) is 50.2 Å². The highest BCUT2D eigenvalue weighted by Crippen LogP contribution is 2.17. The summed E-state index contributed by atoms with van der Waals surface area (Å²) in [6.45, 7) is 4.71. The Morgan fingerprint density at radius 3 is 2.67 bits per heavy atom. The predicted molar refractivity (Wildman–Crippen MR) is 109 cm³/mol. The van der Waals surface area contributed by atoms with Crippen LogP contribution in [0.15, 0.2) is 60.8 Å². The maximum atomic E-state index is 12.5. The van der Waals surface area contributed by atoms with Crippen LogP contribution in [-0.4, -0.2) is 22.4 Å². The molecule has 0 fully saturated rings. The number of aryl methyl sites for hydroxylation is 3. The molecule has 0 aliphatic heterocycles. The number of rotatable bonds is 7. The summed E-state index contributed by atoms with van der Waals surface area (Å²) in [5.74, 6) is 0.232. The lowest BCUT2D eigenvalue weighted by molar-refractivity contribution is 0.102. The van der Waals surface area contributed by atoms with Crippen LogP contribution in [0.4, 0.5) is 11.6 Å². The molecule has 0 atom stereocenters. The number of hydrogen-bond acceptors (Lipinski definition) is 4. The summed E-state index contributed by atoms with van der Waals surface area (Å²) in [6, 6.07) is 17.9. The Hall–Kier alpha value is -3.21. The second kappa shape index (κ2) is 8.94. The van der Waals surface area contributed by atoms with Crippen molar-refractivity contribution in [2.45, 2.75) is 26.7 Å². The third-order valence-corrected chi connectivity index (χ3v) is 4.30. The van der Waals surface area contributed by atoms with E-state index < -0.39 is 0 Å². The number of carbonyl (C=O) groups is 1. The lowest BCUT2D eigenvalue weighted by Gasteiger charge is -2.10. The molecule has 1 aromatic heterocycles. The van der Waals surface area contributed by atoms with E-state index in [2.05, 4.69) is 32.7 Å². The molecule has 0 aliphatic carbocycles. The minimum atomic E-state index is -0.238. The van der Waals surface area contributed by atoms with Crippen molar-refractivity contribution in [2.75, 3.05) is 17.2 Å². The van der Waals surface area contributed by atoms with E-state index in [-0.39, 0.29) is 5.91 Å². The Balaban J connectivity index is 1.56. The number of aromatic nitrogens is 2. The van der Waals surface area contributed by atoms with Gasteiger partial charge in [0.2, 0.25) is 5.95 Å². The Bertz CT molecular complexity index is 909. The summed E-state index contributed by atoms with van der Waals surface area (Å²) in [5, 5.41) is 6.12. The monoisotopic (exact) mass is 360 g/mol. The van der Waals surface area contributed by atoms with Gasteiger partial charge in [0, 0.05) is 18.4 Å². The average Bonchev–Trinajstić information content (AvgIpc) is 2.69. The number of nitrogens with zero attached hydrogens (tertiary/aromatic N) is 2. The van der Waals surface area contributed by atoms with Crippen LogP contribution in [0.1, 0.15) is 33.6 Å². The van der Waals surface area contributed by atoms with Crippen LogP contribution in [0.5, 0.6) is 0 Å². The van der Waals surface area contributed by atoms with Crippen molar-refractivity contribution in [3.63, 3.8) is 0 Å². The zero-order valence-electron chi connectivity index (χ0n) is 15.7. The minimum absolute atomic E-state index is 0.238. The first-order chi connectivity index (χ1) is 13.1. The Morgan fingerprint density at radius 2 is 1.85 bits per heavy atom. The van der Waals surface area contributed by atoms with E-state index in [9.17, 15) is 4.79 Å². The minimum Gasteiger partial charge on any atom is -0.354 e. The number of benzene rings is 2. The second-order valence-corrected chi connectivity index (χ2v) is 6.55. The molecule has 5 nitrogen and oxygen atoms in total. The maximum Gasteiger partial charge on any atom is 0.274 e. The number of nitrogens with one attached hydrogen (secondary N) is 2. The summed E-state index contributed by atoms with van der Waals surface area (Å²) < 4.78 is 0. The van der Waals surface area contributed by atoms with Crippen molar-refractivity contribution >= 4 is 17.5 Å². The van der Waals surface area contributed by atoms with Gasteiger partial charge < -0.3 is 10.6 Å². The Labute approximate surface area is 159 Å². The van der Waals surface area contributed by atoms with Crippen molar-refractivity contribution in [3.05, 3.63) is 83.2 Å². The van der Waals surface area contributed by atoms with Gasteiger partial charge in [-0.25, -0.2) is 9.97 Å². The second-order valence-electron chi connectivity index (χ2n) is 6.55. The van der Waals surface area contributed by atoms with Crippen molar-refractivity contribution in [2.24, 2.45) is 0 Å². The highest BCUT2D eigenvalue weighted by molar-refractivity contribution is 6.03. The van der Waals surface area contributed by atoms with Gasteiger partial charge in [-0.1, -0.05) is 42.5 Å². The smallest absolute Gasteiger partial charge is 0.274 e. The van der Waals surface area contributed by atoms with Gasteiger partial charge in [-0.3, -0.25) is 4.79 Å². The van der Waals surface area contributed by atoms with Crippen LogP contribution in [0, 0.1) is 13.8 Å². The molecule has 1 amide bonds. The molecule has 0 saturated carbocycles. The van der Waals surface area contributed by atoms with E-state index in [1.54, 1.807) is 12.3 Å². The first kappa shape index (κ1) is 18.6. The summed E-state index contributed by atoms with van der Waals surface area (Å²) in [5.41, 5.74) is 4.57. The van der Waals surface area contributed by atoms with E-state index in [4.69, 9.17) is 0 Å². The zero-order chi connectivity index (χ0) is 19.1. The van der Waals surface area contributed by atoms with Crippen molar-refractivity contribution in [3.8, 4) is 0 Å². The molecule has 27 heavy (non-hydrogen) atoms. The number of amides is 1. The Morgan fingerprint density at radius 1 is 1.04 bits per heavy atom. The zero-order valence-corrected chi connectivity index (χ0v) is 15.7. The van der Waals surface area contributed by atoms with Gasteiger partial charge >= 0.3 is 0 Å². The summed E-state index contributed by atoms with van der Waals surface area (Å²) in [7, 11) is 0. The lowest BCUT2D eigenvalue weighted by Crippen LogP contribution is -2.16. The molecule has 0 spiro atoms. The quantitative estimate of drug-likeness (QED) is 0.613. The molecule has 1 heterocycles. The molecule has 0 unspecified atom stereocenters. The Kier molecular flexibility index (Phi) is 6.15. The van der Waals surface area contributed by atoms with Crippen LogP contribution in [0.3, 0.4) is 0 Å². The fraction of sp³-hybridized carbons (Fsp3) is 0.227. The van der Waals surface area contributed by atoms with Crippen LogP contribution in [-0.2, 0) is 6.42 Å². The van der Waals surface area contributed by atoms with Gasteiger partial charge in [0.1, 0.15) is 5.69 Å². The summed E-state index contributed by atoms with van der Waals surface area (Å²) in [4.78, 5) is 21.0. The number of hydrogen-bond donors (Lipinski definition) is 2.